The van der Waals surface area contributed by atoms with Gasteiger partial charge in [-0.15, -0.1) is 11.3 Å². The van der Waals surface area contributed by atoms with Gasteiger partial charge in [0.25, 0.3) is 10.0 Å². The molecule has 0 aromatic carbocycles. The largest absolute Gasteiger partial charge is 0.338 e. The van der Waals surface area contributed by atoms with Gasteiger partial charge < -0.3 is 0 Å². The molecule has 21 heavy (non-hydrogen) atoms. The van der Waals surface area contributed by atoms with E-state index in [-0.39, 0.29) is 11.4 Å². The first kappa shape index (κ1) is 14.0. The summed E-state index contributed by atoms with van der Waals surface area (Å²) in [5.41, 5.74) is 0.994. The Balaban J connectivity index is 2.07. The van der Waals surface area contributed by atoms with Crippen LogP contribution >= 0.6 is 11.3 Å². The van der Waals surface area contributed by atoms with Crippen LogP contribution in [0.1, 0.15) is 12.6 Å². The minimum atomic E-state index is -3.82. The predicted octanol–water partition coefficient (Wildman–Crippen LogP) is 2.29. The number of sulfonamides is 1. The molecule has 0 radical (unpaired) electrons. The quantitative estimate of drug-likeness (QED) is 0.869. The molecule has 2 amide bonds. The molecule has 3 heterocycles. The lowest BCUT2D eigenvalue weighted by Crippen LogP contribution is -2.49. The standard InChI is InChI=1S/C13H13N3O3S2/c1-2-15-11-8-20-9-12(11)21(18,19)16(13(15)17)7-10-5-3-4-6-14-10/h3-6,8-9H,2,7H2,1H3. The van der Waals surface area contributed by atoms with Crippen LogP contribution in [0, 0.1) is 0 Å². The van der Waals surface area contributed by atoms with Crippen LogP contribution in [0.5, 0.6) is 0 Å². The lowest BCUT2D eigenvalue weighted by molar-refractivity contribution is 0.226. The average Bonchev–Trinajstić information content (AvgIpc) is 2.96. The SMILES string of the molecule is CCN1C(=O)N(Cc2ccccn2)S(=O)(=O)c2cscc21. The van der Waals surface area contributed by atoms with E-state index < -0.39 is 16.1 Å². The third-order valence-electron chi connectivity index (χ3n) is 3.26. The van der Waals surface area contributed by atoms with E-state index in [1.807, 2.05) is 6.92 Å². The second kappa shape index (κ2) is 5.12. The number of rotatable bonds is 3. The molecule has 0 atom stereocenters. The summed E-state index contributed by atoms with van der Waals surface area (Å²) in [6, 6.07) is 4.67. The minimum Gasteiger partial charge on any atom is -0.292 e. The zero-order chi connectivity index (χ0) is 15.0. The maximum atomic E-state index is 12.6. The summed E-state index contributed by atoms with van der Waals surface area (Å²) in [5.74, 6) is 0. The second-order valence-corrected chi connectivity index (χ2v) is 7.06. The summed E-state index contributed by atoms with van der Waals surface area (Å²) in [6.45, 7) is 2.17. The van der Waals surface area contributed by atoms with E-state index in [9.17, 15) is 13.2 Å². The van der Waals surface area contributed by atoms with Crippen molar-refractivity contribution in [2.75, 3.05) is 11.4 Å². The number of urea groups is 1. The number of nitrogens with zero attached hydrogens (tertiary/aromatic N) is 3. The number of fused-ring (bicyclic) bond motifs is 1. The maximum absolute atomic E-state index is 12.6. The highest BCUT2D eigenvalue weighted by Crippen LogP contribution is 2.37. The number of hydrogen-bond donors (Lipinski definition) is 0. The highest BCUT2D eigenvalue weighted by Gasteiger charge is 2.41. The van der Waals surface area contributed by atoms with Crippen LogP contribution in [0.4, 0.5) is 10.5 Å². The molecule has 3 rings (SSSR count). The Hall–Kier alpha value is -1.93. The highest BCUT2D eigenvalue weighted by molar-refractivity contribution is 7.90. The summed E-state index contributed by atoms with van der Waals surface area (Å²) in [6.07, 6.45) is 1.57. The van der Waals surface area contributed by atoms with Crippen LogP contribution in [-0.2, 0) is 16.6 Å². The van der Waals surface area contributed by atoms with E-state index in [2.05, 4.69) is 4.98 Å². The average molecular weight is 323 g/mol. The summed E-state index contributed by atoms with van der Waals surface area (Å²) < 4.78 is 26.1. The fraction of sp³-hybridized carbons (Fsp3) is 0.231. The fourth-order valence-corrected chi connectivity index (χ4v) is 4.92. The van der Waals surface area contributed by atoms with Crippen LogP contribution in [0.3, 0.4) is 0 Å². The predicted molar refractivity (Wildman–Crippen MR) is 79.7 cm³/mol. The molecule has 0 saturated carbocycles. The molecule has 1 aliphatic rings. The molecule has 0 N–H and O–H groups in total. The number of hydrogen-bond acceptors (Lipinski definition) is 5. The summed E-state index contributed by atoms with van der Waals surface area (Å²) in [7, 11) is -3.82. The van der Waals surface area contributed by atoms with E-state index in [0.717, 1.165) is 4.31 Å². The van der Waals surface area contributed by atoms with Crippen LogP contribution in [-0.4, -0.2) is 30.3 Å². The monoisotopic (exact) mass is 323 g/mol. The van der Waals surface area contributed by atoms with Gasteiger partial charge in [0.2, 0.25) is 0 Å². The zero-order valence-corrected chi connectivity index (χ0v) is 12.9. The van der Waals surface area contributed by atoms with Gasteiger partial charge in [0.15, 0.2) is 0 Å². The first-order valence-corrected chi connectivity index (χ1v) is 8.74. The summed E-state index contributed by atoms with van der Waals surface area (Å²) in [4.78, 5) is 18.2. The number of aromatic nitrogens is 1. The third kappa shape index (κ3) is 2.20. The normalized spacial score (nSPS) is 16.9. The van der Waals surface area contributed by atoms with Gasteiger partial charge in [0, 0.05) is 23.5 Å². The molecule has 1 aliphatic heterocycles. The van der Waals surface area contributed by atoms with Crippen molar-refractivity contribution in [3.05, 3.63) is 40.8 Å². The Bertz CT molecular complexity index is 771. The van der Waals surface area contributed by atoms with Crippen LogP contribution < -0.4 is 4.90 Å². The number of pyridine rings is 1. The van der Waals surface area contributed by atoms with Crippen LogP contribution in [0.15, 0.2) is 40.1 Å². The number of anilines is 1. The zero-order valence-electron chi connectivity index (χ0n) is 11.3. The molecule has 0 fully saturated rings. The van der Waals surface area contributed by atoms with Crippen molar-refractivity contribution in [1.29, 1.82) is 0 Å². The van der Waals surface area contributed by atoms with Gasteiger partial charge in [-0.1, -0.05) is 6.07 Å². The molecule has 0 saturated heterocycles. The lowest BCUT2D eigenvalue weighted by atomic mass is 10.3. The van der Waals surface area contributed by atoms with Crippen molar-refractivity contribution in [3.63, 3.8) is 0 Å². The first-order chi connectivity index (χ1) is 10.1. The number of amides is 2. The minimum absolute atomic E-state index is 0.0617. The van der Waals surface area contributed by atoms with Gasteiger partial charge in [-0.3, -0.25) is 9.88 Å². The number of thiophene rings is 1. The Kier molecular flexibility index (Phi) is 3.42. The van der Waals surface area contributed by atoms with E-state index >= 15 is 0 Å². The Morgan fingerprint density at radius 1 is 1.29 bits per heavy atom. The molecular weight excluding hydrogens is 310 g/mol. The lowest BCUT2D eigenvalue weighted by Gasteiger charge is -2.33. The fourth-order valence-electron chi connectivity index (χ4n) is 2.22. The van der Waals surface area contributed by atoms with E-state index in [4.69, 9.17) is 0 Å². The van der Waals surface area contributed by atoms with E-state index in [1.54, 1.807) is 35.2 Å². The van der Waals surface area contributed by atoms with Crippen molar-refractivity contribution in [3.8, 4) is 0 Å². The molecule has 110 valence electrons. The van der Waals surface area contributed by atoms with Crippen LogP contribution in [0.2, 0.25) is 0 Å². The molecule has 0 bridgehead atoms. The third-order valence-corrected chi connectivity index (χ3v) is 5.89. The van der Waals surface area contributed by atoms with Gasteiger partial charge in [-0.25, -0.2) is 17.5 Å². The van der Waals surface area contributed by atoms with Crippen molar-refractivity contribution < 1.29 is 13.2 Å². The smallest absolute Gasteiger partial charge is 0.292 e. The van der Waals surface area contributed by atoms with Gasteiger partial charge in [-0.05, 0) is 19.1 Å². The molecule has 0 unspecified atom stereocenters. The van der Waals surface area contributed by atoms with Crippen molar-refractivity contribution in [1.82, 2.24) is 9.29 Å². The van der Waals surface area contributed by atoms with Gasteiger partial charge in [0.1, 0.15) is 4.90 Å². The van der Waals surface area contributed by atoms with Crippen molar-refractivity contribution >= 4 is 33.1 Å². The Morgan fingerprint density at radius 2 is 2.10 bits per heavy atom. The number of carbonyl (C=O) groups excluding carboxylic acids is 1. The van der Waals surface area contributed by atoms with Crippen molar-refractivity contribution in [2.45, 2.75) is 18.4 Å². The topological polar surface area (TPSA) is 70.6 Å². The molecule has 2 aromatic rings. The van der Waals surface area contributed by atoms with Gasteiger partial charge >= 0.3 is 6.03 Å². The summed E-state index contributed by atoms with van der Waals surface area (Å²) >= 11 is 1.27. The maximum Gasteiger partial charge on any atom is 0.338 e. The van der Waals surface area contributed by atoms with Gasteiger partial charge in [-0.2, -0.15) is 0 Å². The molecule has 2 aromatic heterocycles. The molecular formula is C13H13N3O3S2. The van der Waals surface area contributed by atoms with Gasteiger partial charge in [0.05, 0.1) is 17.9 Å². The van der Waals surface area contributed by atoms with Crippen molar-refractivity contribution in [2.24, 2.45) is 0 Å². The summed E-state index contributed by atoms with van der Waals surface area (Å²) in [5, 5.41) is 3.25. The number of carbonyl (C=O) groups is 1. The van der Waals surface area contributed by atoms with E-state index in [0.29, 0.717) is 17.9 Å². The molecule has 8 heteroatoms. The second-order valence-electron chi connectivity index (χ2n) is 4.48. The van der Waals surface area contributed by atoms with E-state index in [1.165, 1.54) is 16.2 Å². The first-order valence-electron chi connectivity index (χ1n) is 6.36. The molecule has 0 aliphatic carbocycles. The highest BCUT2D eigenvalue weighted by atomic mass is 32.2. The van der Waals surface area contributed by atoms with Crippen LogP contribution in [0.25, 0.3) is 0 Å². The molecule has 6 nitrogen and oxygen atoms in total. The Labute approximate surface area is 126 Å². The Morgan fingerprint density at radius 3 is 2.76 bits per heavy atom. The molecule has 0 spiro atoms.